The van der Waals surface area contributed by atoms with E-state index in [9.17, 15) is 14.4 Å². The minimum Gasteiger partial charge on any atom is -0.450 e. The molecule has 0 radical (unpaired) electrons. The molecule has 2 aromatic rings. The number of rotatable bonds is 5. The summed E-state index contributed by atoms with van der Waals surface area (Å²) in [6, 6.07) is 12.1. The van der Waals surface area contributed by atoms with Gasteiger partial charge in [-0.15, -0.1) is 0 Å². The third-order valence-electron chi connectivity index (χ3n) is 4.64. The standard InChI is InChI=1S/C21H24N4O4/c1-2-29-21(28)25-13-11-24(12-14-25)20(27)17-8-6-16(7-9-17)19(26)23-15-18-5-3-4-10-22-18/h3-10H,2,11-15H2,1H3,(H,23,26). The van der Waals surface area contributed by atoms with E-state index in [1.54, 1.807) is 47.2 Å². The Morgan fingerprint density at radius 1 is 0.966 bits per heavy atom. The lowest BCUT2D eigenvalue weighted by Crippen LogP contribution is -2.50. The molecule has 3 amide bonds. The molecule has 3 rings (SSSR count). The number of benzene rings is 1. The molecule has 1 aromatic carbocycles. The van der Waals surface area contributed by atoms with Crippen molar-refractivity contribution in [3.63, 3.8) is 0 Å². The summed E-state index contributed by atoms with van der Waals surface area (Å²) < 4.78 is 4.99. The van der Waals surface area contributed by atoms with Gasteiger partial charge < -0.3 is 19.9 Å². The lowest BCUT2D eigenvalue weighted by molar-refractivity contribution is 0.0570. The Balaban J connectivity index is 1.52. The van der Waals surface area contributed by atoms with Crippen LogP contribution in [0.1, 0.15) is 33.3 Å². The number of ether oxygens (including phenoxy) is 1. The summed E-state index contributed by atoms with van der Waals surface area (Å²) in [5.74, 6) is -0.341. The van der Waals surface area contributed by atoms with Gasteiger partial charge in [-0.1, -0.05) is 6.07 Å². The van der Waals surface area contributed by atoms with E-state index in [1.165, 1.54) is 0 Å². The highest BCUT2D eigenvalue weighted by molar-refractivity contribution is 5.97. The van der Waals surface area contributed by atoms with Crippen LogP contribution in [0.2, 0.25) is 0 Å². The molecule has 1 aliphatic rings. The number of hydrogen-bond acceptors (Lipinski definition) is 5. The maximum atomic E-state index is 12.7. The minimum absolute atomic E-state index is 0.117. The number of piperazine rings is 1. The van der Waals surface area contributed by atoms with E-state index in [-0.39, 0.29) is 17.9 Å². The van der Waals surface area contributed by atoms with Crippen molar-refractivity contribution in [1.29, 1.82) is 0 Å². The molecule has 29 heavy (non-hydrogen) atoms. The van der Waals surface area contributed by atoms with Gasteiger partial charge in [-0.3, -0.25) is 14.6 Å². The Morgan fingerprint density at radius 2 is 1.62 bits per heavy atom. The van der Waals surface area contributed by atoms with Gasteiger partial charge in [0.15, 0.2) is 0 Å². The Bertz CT molecular complexity index is 847. The number of carbonyl (C=O) groups excluding carboxylic acids is 3. The molecular formula is C21H24N4O4. The van der Waals surface area contributed by atoms with Crippen LogP contribution in [0.3, 0.4) is 0 Å². The van der Waals surface area contributed by atoms with Crippen molar-refractivity contribution in [1.82, 2.24) is 20.1 Å². The van der Waals surface area contributed by atoms with Crippen molar-refractivity contribution in [2.24, 2.45) is 0 Å². The fourth-order valence-corrected chi connectivity index (χ4v) is 3.03. The van der Waals surface area contributed by atoms with Gasteiger partial charge in [0.05, 0.1) is 18.8 Å². The smallest absolute Gasteiger partial charge is 0.409 e. The van der Waals surface area contributed by atoms with E-state index in [0.29, 0.717) is 50.5 Å². The van der Waals surface area contributed by atoms with Crippen molar-refractivity contribution in [2.75, 3.05) is 32.8 Å². The average Bonchev–Trinajstić information content (AvgIpc) is 2.78. The van der Waals surface area contributed by atoms with E-state index in [0.717, 1.165) is 5.69 Å². The Labute approximate surface area is 169 Å². The van der Waals surface area contributed by atoms with Gasteiger partial charge in [0.25, 0.3) is 11.8 Å². The van der Waals surface area contributed by atoms with E-state index in [2.05, 4.69) is 10.3 Å². The number of nitrogens with zero attached hydrogens (tertiary/aromatic N) is 3. The molecule has 0 unspecified atom stereocenters. The number of aromatic nitrogens is 1. The highest BCUT2D eigenvalue weighted by atomic mass is 16.6. The zero-order chi connectivity index (χ0) is 20.6. The molecule has 1 fully saturated rings. The van der Waals surface area contributed by atoms with Gasteiger partial charge in [-0.05, 0) is 43.3 Å². The first kappa shape index (κ1) is 20.3. The molecule has 0 saturated carbocycles. The molecule has 1 aliphatic heterocycles. The Morgan fingerprint density at radius 3 is 2.24 bits per heavy atom. The highest BCUT2D eigenvalue weighted by Crippen LogP contribution is 2.11. The van der Waals surface area contributed by atoms with Gasteiger partial charge in [0.1, 0.15) is 0 Å². The third kappa shape index (κ3) is 5.31. The second-order valence-electron chi connectivity index (χ2n) is 6.56. The van der Waals surface area contributed by atoms with Gasteiger partial charge >= 0.3 is 6.09 Å². The third-order valence-corrected chi connectivity index (χ3v) is 4.64. The predicted octanol–water partition coefficient (Wildman–Crippen LogP) is 1.93. The zero-order valence-corrected chi connectivity index (χ0v) is 16.3. The largest absolute Gasteiger partial charge is 0.450 e. The summed E-state index contributed by atoms with van der Waals surface area (Å²) in [5.41, 5.74) is 1.76. The number of amides is 3. The first-order chi connectivity index (χ1) is 14.1. The minimum atomic E-state index is -0.347. The van der Waals surface area contributed by atoms with Crippen LogP contribution in [0.25, 0.3) is 0 Å². The molecule has 8 heteroatoms. The van der Waals surface area contributed by atoms with Crippen molar-refractivity contribution in [3.8, 4) is 0 Å². The molecule has 2 heterocycles. The molecule has 1 N–H and O–H groups in total. The average molecular weight is 396 g/mol. The molecule has 1 saturated heterocycles. The second kappa shape index (κ2) is 9.68. The normalized spacial score (nSPS) is 13.7. The van der Waals surface area contributed by atoms with E-state index in [4.69, 9.17) is 4.74 Å². The summed E-state index contributed by atoms with van der Waals surface area (Å²) in [5, 5.41) is 2.81. The van der Waals surface area contributed by atoms with Gasteiger partial charge in [0, 0.05) is 43.5 Å². The fourth-order valence-electron chi connectivity index (χ4n) is 3.03. The topological polar surface area (TPSA) is 91.8 Å². The molecular weight excluding hydrogens is 372 g/mol. The predicted molar refractivity (Wildman–Crippen MR) is 106 cm³/mol. The maximum absolute atomic E-state index is 12.7. The van der Waals surface area contributed by atoms with Gasteiger partial charge in [-0.2, -0.15) is 0 Å². The number of carbonyl (C=O) groups is 3. The summed E-state index contributed by atoms with van der Waals surface area (Å²) in [6.07, 6.45) is 1.33. The maximum Gasteiger partial charge on any atom is 0.409 e. The quantitative estimate of drug-likeness (QED) is 0.834. The summed E-state index contributed by atoms with van der Waals surface area (Å²) >= 11 is 0. The van der Waals surface area contributed by atoms with Crippen LogP contribution in [-0.4, -0.2) is 65.5 Å². The fraction of sp³-hybridized carbons (Fsp3) is 0.333. The van der Waals surface area contributed by atoms with Crippen LogP contribution < -0.4 is 5.32 Å². The van der Waals surface area contributed by atoms with Gasteiger partial charge in [0.2, 0.25) is 0 Å². The van der Waals surface area contributed by atoms with Crippen molar-refractivity contribution in [2.45, 2.75) is 13.5 Å². The summed E-state index contributed by atoms with van der Waals surface area (Å²) in [6.45, 7) is 4.22. The molecule has 0 atom stereocenters. The van der Waals surface area contributed by atoms with Crippen LogP contribution in [0.5, 0.6) is 0 Å². The molecule has 0 bridgehead atoms. The SMILES string of the molecule is CCOC(=O)N1CCN(C(=O)c2ccc(C(=O)NCc3ccccn3)cc2)CC1. The lowest BCUT2D eigenvalue weighted by Gasteiger charge is -2.34. The number of hydrogen-bond donors (Lipinski definition) is 1. The lowest BCUT2D eigenvalue weighted by atomic mass is 10.1. The highest BCUT2D eigenvalue weighted by Gasteiger charge is 2.25. The molecule has 0 aliphatic carbocycles. The van der Waals surface area contributed by atoms with Crippen LogP contribution >= 0.6 is 0 Å². The van der Waals surface area contributed by atoms with Crippen LogP contribution in [-0.2, 0) is 11.3 Å². The molecule has 152 valence electrons. The summed E-state index contributed by atoms with van der Waals surface area (Å²) in [7, 11) is 0. The Hall–Kier alpha value is -3.42. The molecule has 8 nitrogen and oxygen atoms in total. The van der Waals surface area contributed by atoms with Crippen LogP contribution in [0, 0.1) is 0 Å². The van der Waals surface area contributed by atoms with Gasteiger partial charge in [-0.25, -0.2) is 4.79 Å². The van der Waals surface area contributed by atoms with Crippen molar-refractivity contribution >= 4 is 17.9 Å². The van der Waals surface area contributed by atoms with Crippen LogP contribution in [0.15, 0.2) is 48.7 Å². The first-order valence-corrected chi connectivity index (χ1v) is 9.57. The van der Waals surface area contributed by atoms with E-state index >= 15 is 0 Å². The first-order valence-electron chi connectivity index (χ1n) is 9.57. The van der Waals surface area contributed by atoms with E-state index in [1.807, 2.05) is 18.2 Å². The Kier molecular flexibility index (Phi) is 6.78. The molecule has 1 aromatic heterocycles. The van der Waals surface area contributed by atoms with Crippen molar-refractivity contribution in [3.05, 3.63) is 65.5 Å². The number of nitrogens with one attached hydrogen (secondary N) is 1. The monoisotopic (exact) mass is 396 g/mol. The second-order valence-corrected chi connectivity index (χ2v) is 6.56. The molecule has 0 spiro atoms. The van der Waals surface area contributed by atoms with Crippen molar-refractivity contribution < 1.29 is 19.1 Å². The van der Waals surface area contributed by atoms with Crippen LogP contribution in [0.4, 0.5) is 4.79 Å². The van der Waals surface area contributed by atoms with E-state index < -0.39 is 0 Å². The zero-order valence-electron chi connectivity index (χ0n) is 16.3. The number of pyridine rings is 1. The summed E-state index contributed by atoms with van der Waals surface area (Å²) in [4.78, 5) is 44.2.